The Morgan fingerprint density at radius 3 is 1.76 bits per heavy atom. The Hall–Kier alpha value is -1.57. The van der Waals surface area contributed by atoms with Crippen LogP contribution in [-0.2, 0) is 15.6 Å². The summed E-state index contributed by atoms with van der Waals surface area (Å²) in [6.45, 7) is 16.7. The third-order valence-electron chi connectivity index (χ3n) is 3.35. The van der Waals surface area contributed by atoms with Crippen LogP contribution in [0.3, 0.4) is 0 Å². The van der Waals surface area contributed by atoms with E-state index in [0.717, 1.165) is 11.1 Å². The van der Waals surface area contributed by atoms with Gasteiger partial charge in [0.05, 0.1) is 0 Å². The van der Waals surface area contributed by atoms with E-state index in [1.54, 1.807) is 6.08 Å². The van der Waals surface area contributed by atoms with Crippen LogP contribution in [0.15, 0.2) is 24.3 Å². The third-order valence-corrected chi connectivity index (χ3v) is 3.35. The first-order valence-electron chi connectivity index (χ1n) is 7.47. The molecule has 2 nitrogen and oxygen atoms in total. The summed E-state index contributed by atoms with van der Waals surface area (Å²) in [5.74, 6) is 0.390. The van der Waals surface area contributed by atoms with Crippen LogP contribution in [0.5, 0.6) is 5.75 Å². The number of aryl methyl sites for hydroxylation is 1. The number of allylic oxidation sites excluding steroid dienone is 1. The van der Waals surface area contributed by atoms with E-state index in [0.29, 0.717) is 5.75 Å². The van der Waals surface area contributed by atoms with Crippen LogP contribution in [-0.4, -0.2) is 5.97 Å². The van der Waals surface area contributed by atoms with Crippen LogP contribution in [0.25, 0.3) is 0 Å². The highest BCUT2D eigenvalue weighted by Crippen LogP contribution is 2.40. The van der Waals surface area contributed by atoms with Gasteiger partial charge in [0.1, 0.15) is 5.75 Å². The summed E-state index contributed by atoms with van der Waals surface area (Å²) in [5, 5.41) is 0. The SMILES string of the molecule is C/C=C\C(=O)Oc1c(C(C)(C)C)cc(C)cc1C(C)(C)C. The molecule has 0 aliphatic carbocycles. The lowest BCUT2D eigenvalue weighted by Crippen LogP contribution is -2.21. The average Bonchev–Trinajstić information content (AvgIpc) is 2.28. The molecule has 0 saturated carbocycles. The quantitative estimate of drug-likeness (QED) is 0.431. The molecular formula is C19H28O2. The van der Waals surface area contributed by atoms with Crippen molar-refractivity contribution in [2.24, 2.45) is 0 Å². The first-order chi connectivity index (χ1) is 9.46. The molecule has 2 heteroatoms. The third kappa shape index (κ3) is 4.45. The molecule has 0 atom stereocenters. The standard InChI is InChI=1S/C19H28O2/c1-9-10-16(20)21-17-14(18(3,4)5)11-13(2)12-15(17)19(6,7)8/h9-12H,1-8H3/b10-9-. The first-order valence-corrected chi connectivity index (χ1v) is 7.47. The molecule has 21 heavy (non-hydrogen) atoms. The summed E-state index contributed by atoms with van der Waals surface area (Å²) in [4.78, 5) is 11.9. The predicted octanol–water partition coefficient (Wildman–Crippen LogP) is 5.07. The Morgan fingerprint density at radius 1 is 1.00 bits per heavy atom. The summed E-state index contributed by atoms with van der Waals surface area (Å²) in [7, 11) is 0. The fourth-order valence-corrected chi connectivity index (χ4v) is 2.27. The van der Waals surface area contributed by atoms with Crippen molar-refractivity contribution in [3.05, 3.63) is 41.0 Å². The van der Waals surface area contributed by atoms with Gasteiger partial charge in [-0.3, -0.25) is 0 Å². The Kier molecular flexibility index (Phi) is 5.03. The van der Waals surface area contributed by atoms with Crippen molar-refractivity contribution in [3.8, 4) is 5.75 Å². The number of hydrogen-bond acceptors (Lipinski definition) is 2. The van der Waals surface area contributed by atoms with Crippen LogP contribution < -0.4 is 4.74 Å². The number of carbonyl (C=O) groups excluding carboxylic acids is 1. The molecule has 0 amide bonds. The van der Waals surface area contributed by atoms with Crippen LogP contribution in [0.1, 0.15) is 65.2 Å². The van der Waals surface area contributed by atoms with E-state index in [-0.39, 0.29) is 16.8 Å². The van der Waals surface area contributed by atoms with Crippen molar-refractivity contribution in [1.82, 2.24) is 0 Å². The number of esters is 1. The van der Waals surface area contributed by atoms with Gasteiger partial charge < -0.3 is 4.74 Å². The molecule has 116 valence electrons. The molecule has 0 bridgehead atoms. The van der Waals surface area contributed by atoms with Crippen LogP contribution in [0.4, 0.5) is 0 Å². The maximum atomic E-state index is 11.9. The molecule has 0 aliphatic heterocycles. The minimum absolute atomic E-state index is 0.0858. The van der Waals surface area contributed by atoms with Crippen molar-refractivity contribution in [3.63, 3.8) is 0 Å². The fourth-order valence-electron chi connectivity index (χ4n) is 2.27. The van der Waals surface area contributed by atoms with Crippen molar-refractivity contribution in [1.29, 1.82) is 0 Å². The maximum Gasteiger partial charge on any atom is 0.335 e. The average molecular weight is 288 g/mol. The van der Waals surface area contributed by atoms with Gasteiger partial charge in [0.15, 0.2) is 0 Å². The Bertz CT molecular complexity index is 517. The lowest BCUT2D eigenvalue weighted by atomic mass is 9.78. The smallest absolute Gasteiger partial charge is 0.335 e. The van der Waals surface area contributed by atoms with Gasteiger partial charge in [-0.05, 0) is 24.7 Å². The first kappa shape index (κ1) is 17.5. The predicted molar refractivity (Wildman–Crippen MR) is 89.0 cm³/mol. The summed E-state index contributed by atoms with van der Waals surface area (Å²) in [6.07, 6.45) is 3.16. The normalized spacial score (nSPS) is 12.8. The largest absolute Gasteiger partial charge is 0.423 e. The lowest BCUT2D eigenvalue weighted by Gasteiger charge is -2.29. The Balaban J connectivity index is 3.57. The summed E-state index contributed by atoms with van der Waals surface area (Å²) < 4.78 is 5.70. The lowest BCUT2D eigenvalue weighted by molar-refractivity contribution is -0.129. The molecule has 1 aromatic carbocycles. The van der Waals surface area contributed by atoms with Crippen LogP contribution in [0, 0.1) is 6.92 Å². The molecule has 0 unspecified atom stereocenters. The van der Waals surface area contributed by atoms with Gasteiger partial charge >= 0.3 is 5.97 Å². The molecule has 0 heterocycles. The molecule has 1 rings (SSSR count). The van der Waals surface area contributed by atoms with Crippen molar-refractivity contribution in [2.75, 3.05) is 0 Å². The number of carbonyl (C=O) groups is 1. The van der Waals surface area contributed by atoms with E-state index < -0.39 is 0 Å². The molecule has 0 aliphatic rings. The van der Waals surface area contributed by atoms with Gasteiger partial charge in [-0.25, -0.2) is 4.79 Å². The summed E-state index contributed by atoms with van der Waals surface area (Å²) >= 11 is 0. The topological polar surface area (TPSA) is 26.3 Å². The van der Waals surface area contributed by atoms with E-state index in [1.165, 1.54) is 11.6 Å². The number of hydrogen-bond donors (Lipinski definition) is 0. The van der Waals surface area contributed by atoms with Crippen LogP contribution in [0.2, 0.25) is 0 Å². The maximum absolute atomic E-state index is 11.9. The zero-order valence-electron chi connectivity index (χ0n) is 14.6. The van der Waals surface area contributed by atoms with Crippen molar-refractivity contribution < 1.29 is 9.53 Å². The molecular weight excluding hydrogens is 260 g/mol. The molecule has 0 N–H and O–H groups in total. The van der Waals surface area contributed by atoms with Crippen molar-refractivity contribution >= 4 is 5.97 Å². The molecule has 1 aromatic rings. The Labute approximate surface area is 129 Å². The van der Waals surface area contributed by atoms with E-state index in [9.17, 15) is 4.79 Å². The van der Waals surface area contributed by atoms with Gasteiger partial charge in [-0.15, -0.1) is 0 Å². The molecule has 0 fully saturated rings. The Morgan fingerprint density at radius 2 is 1.43 bits per heavy atom. The highest BCUT2D eigenvalue weighted by molar-refractivity contribution is 5.84. The van der Waals surface area contributed by atoms with Gasteiger partial charge in [0.25, 0.3) is 0 Å². The highest BCUT2D eigenvalue weighted by Gasteiger charge is 2.28. The summed E-state index contributed by atoms with van der Waals surface area (Å²) in [5.41, 5.74) is 3.17. The second-order valence-electron chi connectivity index (χ2n) is 7.61. The molecule has 0 aromatic heterocycles. The van der Waals surface area contributed by atoms with Crippen molar-refractivity contribution in [2.45, 2.75) is 66.2 Å². The van der Waals surface area contributed by atoms with E-state index in [1.807, 2.05) is 6.92 Å². The van der Waals surface area contributed by atoms with Gasteiger partial charge in [-0.2, -0.15) is 0 Å². The zero-order chi connectivity index (χ0) is 16.4. The second-order valence-corrected chi connectivity index (χ2v) is 7.61. The molecule has 0 spiro atoms. The number of benzene rings is 1. The monoisotopic (exact) mass is 288 g/mol. The van der Waals surface area contributed by atoms with E-state index in [4.69, 9.17) is 4.74 Å². The van der Waals surface area contributed by atoms with Gasteiger partial charge in [-0.1, -0.05) is 65.3 Å². The zero-order valence-corrected chi connectivity index (χ0v) is 14.6. The van der Waals surface area contributed by atoms with Crippen LogP contribution >= 0.6 is 0 Å². The number of rotatable bonds is 2. The van der Waals surface area contributed by atoms with E-state index >= 15 is 0 Å². The molecule has 0 radical (unpaired) electrons. The van der Waals surface area contributed by atoms with Gasteiger partial charge in [0, 0.05) is 17.2 Å². The minimum Gasteiger partial charge on any atom is -0.423 e. The van der Waals surface area contributed by atoms with Gasteiger partial charge in [0.2, 0.25) is 0 Å². The molecule has 0 saturated heterocycles. The minimum atomic E-state index is -0.322. The highest BCUT2D eigenvalue weighted by atomic mass is 16.5. The number of ether oxygens (including phenoxy) is 1. The second kappa shape index (κ2) is 6.05. The fraction of sp³-hybridized carbons (Fsp3) is 0.526. The summed E-state index contributed by atoms with van der Waals surface area (Å²) in [6, 6.07) is 4.24. The van der Waals surface area contributed by atoms with E-state index in [2.05, 4.69) is 60.6 Å².